The predicted octanol–water partition coefficient (Wildman–Crippen LogP) is 4.87. The van der Waals surface area contributed by atoms with Gasteiger partial charge in [-0.05, 0) is 24.3 Å². The molecule has 0 saturated carbocycles. The molecule has 1 N–H and O–H groups in total. The largest absolute Gasteiger partial charge is 0.494 e. The van der Waals surface area contributed by atoms with Crippen molar-refractivity contribution >= 4 is 43.9 Å². The van der Waals surface area contributed by atoms with Crippen LogP contribution in [0.2, 0.25) is 0 Å². The van der Waals surface area contributed by atoms with Crippen molar-refractivity contribution in [2.24, 2.45) is 0 Å². The van der Waals surface area contributed by atoms with Gasteiger partial charge in [-0.1, -0.05) is 35.6 Å². The molecule has 3 aromatic heterocycles. The lowest BCUT2D eigenvalue weighted by molar-refractivity contribution is 0.102. The summed E-state index contributed by atoms with van der Waals surface area (Å²) in [4.78, 5) is 21.6. The number of anilines is 1. The molecule has 0 saturated heterocycles. The summed E-state index contributed by atoms with van der Waals surface area (Å²) >= 11 is 2.79. The van der Waals surface area contributed by atoms with Crippen molar-refractivity contribution in [3.8, 4) is 22.0 Å². The molecule has 0 aliphatic carbocycles. The Hall–Kier alpha value is -3.56. The highest BCUT2D eigenvalue weighted by molar-refractivity contribution is 7.22. The molecule has 30 heavy (non-hydrogen) atoms. The van der Waals surface area contributed by atoms with Gasteiger partial charge in [0.15, 0.2) is 5.13 Å². The standard InChI is InChI=1S/C21H15N5O2S2/c1-28-16-8-5-9-17-18(16)24-21(30-17)25-19(27)15-12-29-20(23-15)13-10-22-26(11-13)14-6-3-2-4-7-14/h2-12H,1H3,(H,24,25,27). The Balaban J connectivity index is 1.35. The molecular formula is C21H15N5O2S2. The highest BCUT2D eigenvalue weighted by Gasteiger charge is 2.16. The number of nitrogens with zero attached hydrogens (tertiary/aromatic N) is 4. The predicted molar refractivity (Wildman–Crippen MR) is 119 cm³/mol. The third kappa shape index (κ3) is 3.44. The highest BCUT2D eigenvalue weighted by atomic mass is 32.1. The number of hydrogen-bond donors (Lipinski definition) is 1. The number of aromatic nitrogens is 4. The van der Waals surface area contributed by atoms with Gasteiger partial charge in [-0.2, -0.15) is 5.10 Å². The van der Waals surface area contributed by atoms with Crippen LogP contribution in [0.1, 0.15) is 10.5 Å². The van der Waals surface area contributed by atoms with Gasteiger partial charge in [0, 0.05) is 17.1 Å². The van der Waals surface area contributed by atoms with Crippen LogP contribution in [-0.4, -0.2) is 32.8 Å². The Morgan fingerprint density at radius 3 is 2.80 bits per heavy atom. The van der Waals surface area contributed by atoms with Gasteiger partial charge in [0.25, 0.3) is 5.91 Å². The van der Waals surface area contributed by atoms with Crippen molar-refractivity contribution in [2.45, 2.75) is 0 Å². The molecule has 0 aliphatic rings. The van der Waals surface area contributed by atoms with Gasteiger partial charge >= 0.3 is 0 Å². The smallest absolute Gasteiger partial charge is 0.276 e. The molecule has 5 rings (SSSR count). The van der Waals surface area contributed by atoms with Crippen LogP contribution >= 0.6 is 22.7 Å². The van der Waals surface area contributed by atoms with Crippen molar-refractivity contribution in [1.82, 2.24) is 19.7 Å². The van der Waals surface area contributed by atoms with Crippen LogP contribution in [-0.2, 0) is 0 Å². The van der Waals surface area contributed by atoms with Crippen molar-refractivity contribution in [3.63, 3.8) is 0 Å². The molecule has 0 unspecified atom stereocenters. The number of carbonyl (C=O) groups is 1. The highest BCUT2D eigenvalue weighted by Crippen LogP contribution is 2.32. The summed E-state index contributed by atoms with van der Waals surface area (Å²) in [5.74, 6) is 0.376. The summed E-state index contributed by atoms with van der Waals surface area (Å²) < 4.78 is 8.05. The maximum Gasteiger partial charge on any atom is 0.276 e. The van der Waals surface area contributed by atoms with Crippen molar-refractivity contribution in [1.29, 1.82) is 0 Å². The fourth-order valence-electron chi connectivity index (χ4n) is 2.97. The second kappa shape index (κ2) is 7.69. The van der Waals surface area contributed by atoms with E-state index in [1.54, 1.807) is 23.4 Å². The molecule has 9 heteroatoms. The molecule has 0 radical (unpaired) electrons. The summed E-state index contributed by atoms with van der Waals surface area (Å²) in [6, 6.07) is 15.5. The third-order valence-electron chi connectivity index (χ3n) is 4.41. The van der Waals surface area contributed by atoms with Crippen molar-refractivity contribution < 1.29 is 9.53 Å². The quantitative estimate of drug-likeness (QED) is 0.428. The Morgan fingerprint density at radius 2 is 1.97 bits per heavy atom. The van der Waals surface area contributed by atoms with Crippen LogP contribution in [0.25, 0.3) is 26.5 Å². The lowest BCUT2D eigenvalue weighted by atomic mass is 10.3. The minimum Gasteiger partial charge on any atom is -0.494 e. The molecule has 1 amide bonds. The number of thiazole rings is 2. The van der Waals surface area contributed by atoms with Crippen LogP contribution in [0.15, 0.2) is 66.3 Å². The molecule has 0 bridgehead atoms. The van der Waals surface area contributed by atoms with Crippen LogP contribution in [0, 0.1) is 0 Å². The van der Waals surface area contributed by atoms with E-state index >= 15 is 0 Å². The van der Waals surface area contributed by atoms with Gasteiger partial charge in [0.2, 0.25) is 0 Å². The van der Waals surface area contributed by atoms with Gasteiger partial charge in [-0.25, -0.2) is 14.6 Å². The summed E-state index contributed by atoms with van der Waals surface area (Å²) in [7, 11) is 1.60. The van der Waals surface area contributed by atoms with E-state index in [9.17, 15) is 4.79 Å². The molecule has 3 heterocycles. The Bertz CT molecular complexity index is 1340. The molecule has 7 nitrogen and oxygen atoms in total. The first-order valence-electron chi connectivity index (χ1n) is 9.02. The first-order valence-corrected chi connectivity index (χ1v) is 10.7. The zero-order valence-corrected chi connectivity index (χ0v) is 17.4. The summed E-state index contributed by atoms with van der Waals surface area (Å²) in [6.07, 6.45) is 3.64. The number of methoxy groups -OCH3 is 1. The van der Waals surface area contributed by atoms with E-state index in [-0.39, 0.29) is 5.91 Å². The second-order valence-electron chi connectivity index (χ2n) is 6.33. The number of fused-ring (bicyclic) bond motifs is 1. The SMILES string of the molecule is COc1cccc2sc(NC(=O)c3csc(-c4cnn(-c5ccccc5)c4)n3)nc12. The van der Waals surface area contributed by atoms with Crippen LogP contribution < -0.4 is 10.1 Å². The minimum absolute atomic E-state index is 0.300. The lowest BCUT2D eigenvalue weighted by Gasteiger charge is -1.99. The maximum atomic E-state index is 12.7. The van der Waals surface area contributed by atoms with Crippen LogP contribution in [0.3, 0.4) is 0 Å². The number of nitrogens with one attached hydrogen (secondary N) is 1. The summed E-state index contributed by atoms with van der Waals surface area (Å²) in [5.41, 5.74) is 2.89. The van der Waals surface area contributed by atoms with Crippen LogP contribution in [0.4, 0.5) is 5.13 Å². The molecular weight excluding hydrogens is 418 g/mol. The number of para-hydroxylation sites is 2. The van der Waals surface area contributed by atoms with Crippen molar-refractivity contribution in [3.05, 3.63) is 72.0 Å². The van der Waals surface area contributed by atoms with E-state index in [4.69, 9.17) is 4.74 Å². The fourth-order valence-corrected chi connectivity index (χ4v) is 4.62. The number of hydrogen-bond acceptors (Lipinski definition) is 7. The van der Waals surface area contributed by atoms with Crippen molar-refractivity contribution in [2.75, 3.05) is 12.4 Å². The Kier molecular flexibility index (Phi) is 4.74. The summed E-state index contributed by atoms with van der Waals surface area (Å²) in [6.45, 7) is 0. The van der Waals surface area contributed by atoms with E-state index < -0.39 is 0 Å². The van der Waals surface area contributed by atoms with Gasteiger partial charge in [-0.3, -0.25) is 10.1 Å². The molecule has 5 aromatic rings. The second-order valence-corrected chi connectivity index (χ2v) is 8.22. The summed E-state index contributed by atoms with van der Waals surface area (Å²) in [5, 5.41) is 10.2. The van der Waals surface area contributed by atoms with E-state index in [2.05, 4.69) is 20.4 Å². The van der Waals surface area contributed by atoms with E-state index in [1.165, 1.54) is 22.7 Å². The van der Waals surface area contributed by atoms with Gasteiger partial charge in [0.05, 0.1) is 23.7 Å². The number of benzene rings is 2. The third-order valence-corrected chi connectivity index (χ3v) is 6.24. The van der Waals surface area contributed by atoms with Gasteiger partial charge in [-0.15, -0.1) is 11.3 Å². The molecule has 0 aliphatic heterocycles. The first kappa shape index (κ1) is 18.5. The molecule has 2 aromatic carbocycles. The zero-order chi connectivity index (χ0) is 20.5. The van der Waals surface area contributed by atoms with E-state index in [1.807, 2.05) is 54.7 Å². The molecule has 0 atom stereocenters. The molecule has 148 valence electrons. The first-order chi connectivity index (χ1) is 14.7. The Labute approximate surface area is 179 Å². The molecule has 0 fully saturated rings. The van der Waals surface area contributed by atoms with Gasteiger partial charge < -0.3 is 4.74 Å². The zero-order valence-electron chi connectivity index (χ0n) is 15.8. The fraction of sp³-hybridized carbons (Fsp3) is 0.0476. The maximum absolute atomic E-state index is 12.7. The Morgan fingerprint density at radius 1 is 1.10 bits per heavy atom. The number of carbonyl (C=O) groups excluding carboxylic acids is 1. The van der Waals surface area contributed by atoms with Crippen LogP contribution in [0.5, 0.6) is 5.75 Å². The monoisotopic (exact) mass is 433 g/mol. The minimum atomic E-state index is -0.300. The normalized spacial score (nSPS) is 11.0. The average Bonchev–Trinajstić information content (AvgIpc) is 3.52. The van der Waals surface area contributed by atoms with E-state index in [0.717, 1.165) is 26.5 Å². The van der Waals surface area contributed by atoms with Gasteiger partial charge in [0.1, 0.15) is 22.0 Å². The average molecular weight is 434 g/mol. The number of ether oxygens (including phenoxy) is 1. The topological polar surface area (TPSA) is 81.9 Å². The number of amides is 1. The van der Waals surface area contributed by atoms with E-state index in [0.29, 0.717) is 16.6 Å². The number of rotatable bonds is 5. The molecule has 0 spiro atoms. The lowest BCUT2D eigenvalue weighted by Crippen LogP contribution is -2.11.